The van der Waals surface area contributed by atoms with Crippen LogP contribution in [0.4, 0.5) is 5.82 Å². The molecule has 154 valence electrons. The number of benzene rings is 2. The predicted octanol–water partition coefficient (Wildman–Crippen LogP) is 5.15. The van der Waals surface area contributed by atoms with Crippen molar-refractivity contribution in [2.24, 2.45) is 0 Å². The number of anilines is 1. The molecule has 4 aromatic rings. The van der Waals surface area contributed by atoms with Gasteiger partial charge in [-0.1, -0.05) is 32.0 Å². The van der Waals surface area contributed by atoms with Gasteiger partial charge in [0.1, 0.15) is 17.3 Å². The average molecular weight is 402 g/mol. The van der Waals surface area contributed by atoms with Crippen molar-refractivity contribution in [3.63, 3.8) is 0 Å². The van der Waals surface area contributed by atoms with Crippen molar-refractivity contribution in [2.75, 3.05) is 19.5 Å². The van der Waals surface area contributed by atoms with Gasteiger partial charge in [0.2, 0.25) is 0 Å². The number of ether oxygens (including phenoxy) is 2. The Balaban J connectivity index is 1.67. The van der Waals surface area contributed by atoms with Crippen molar-refractivity contribution in [3.8, 4) is 22.6 Å². The molecule has 6 heteroatoms. The van der Waals surface area contributed by atoms with Crippen LogP contribution < -0.4 is 14.8 Å². The topological polar surface area (TPSA) is 60.7 Å². The number of hydrogen-bond acceptors (Lipinski definition) is 5. The zero-order valence-corrected chi connectivity index (χ0v) is 17.7. The van der Waals surface area contributed by atoms with Gasteiger partial charge in [-0.05, 0) is 47.4 Å². The molecule has 6 nitrogen and oxygen atoms in total. The van der Waals surface area contributed by atoms with Crippen LogP contribution in [0, 0.1) is 0 Å². The summed E-state index contributed by atoms with van der Waals surface area (Å²) in [6, 6.07) is 16.2. The molecule has 2 aromatic carbocycles. The molecule has 0 spiro atoms. The first-order chi connectivity index (χ1) is 14.6. The summed E-state index contributed by atoms with van der Waals surface area (Å²) < 4.78 is 12.7. The first-order valence-electron chi connectivity index (χ1n) is 9.98. The van der Waals surface area contributed by atoms with Crippen LogP contribution in [-0.2, 0) is 6.54 Å². The Labute approximate surface area is 176 Å². The van der Waals surface area contributed by atoms with Crippen LogP contribution in [0.2, 0.25) is 0 Å². The number of nitrogens with one attached hydrogen (secondary N) is 1. The van der Waals surface area contributed by atoms with Crippen molar-refractivity contribution in [1.29, 1.82) is 0 Å². The minimum atomic E-state index is 0.422. The molecule has 0 unspecified atom stereocenters. The maximum atomic E-state index is 5.62. The molecule has 0 aliphatic heterocycles. The Bertz CT molecular complexity index is 1150. The van der Waals surface area contributed by atoms with E-state index in [2.05, 4.69) is 41.4 Å². The van der Waals surface area contributed by atoms with Crippen molar-refractivity contribution >= 4 is 11.5 Å². The van der Waals surface area contributed by atoms with E-state index >= 15 is 0 Å². The van der Waals surface area contributed by atoms with Gasteiger partial charge in [0.15, 0.2) is 5.65 Å². The molecule has 30 heavy (non-hydrogen) atoms. The third kappa shape index (κ3) is 3.81. The molecule has 2 heterocycles. The van der Waals surface area contributed by atoms with Crippen molar-refractivity contribution in [2.45, 2.75) is 26.3 Å². The lowest BCUT2D eigenvalue weighted by atomic mass is 9.97. The van der Waals surface area contributed by atoms with Gasteiger partial charge in [-0.15, -0.1) is 0 Å². The standard InChI is InChI=1S/C24H26N4O2/c1-16(2)18-7-10-22(30-4)20(13-18)21-15-27-28-23(11-12-25-24(21)28)26-14-17-5-8-19(29-3)9-6-17/h5-13,15-16,26H,14H2,1-4H3. The Morgan fingerprint density at radius 2 is 1.77 bits per heavy atom. The summed E-state index contributed by atoms with van der Waals surface area (Å²) in [5, 5.41) is 8.05. The number of hydrogen-bond donors (Lipinski definition) is 1. The number of rotatable bonds is 7. The minimum absolute atomic E-state index is 0.422. The van der Waals surface area contributed by atoms with Crippen LogP contribution in [0.3, 0.4) is 0 Å². The zero-order valence-electron chi connectivity index (χ0n) is 17.7. The lowest BCUT2D eigenvalue weighted by molar-refractivity contribution is 0.414. The Morgan fingerprint density at radius 1 is 0.967 bits per heavy atom. The summed E-state index contributed by atoms with van der Waals surface area (Å²) in [6.07, 6.45) is 3.65. The third-order valence-electron chi connectivity index (χ3n) is 5.21. The zero-order chi connectivity index (χ0) is 21.1. The van der Waals surface area contributed by atoms with Gasteiger partial charge in [0.25, 0.3) is 0 Å². The fourth-order valence-electron chi connectivity index (χ4n) is 3.45. The van der Waals surface area contributed by atoms with Gasteiger partial charge in [-0.3, -0.25) is 0 Å². The van der Waals surface area contributed by atoms with Crippen LogP contribution in [0.25, 0.3) is 16.8 Å². The smallest absolute Gasteiger partial charge is 0.165 e. The van der Waals surface area contributed by atoms with Gasteiger partial charge in [0.05, 0.1) is 26.0 Å². The Morgan fingerprint density at radius 3 is 2.47 bits per heavy atom. The lowest BCUT2D eigenvalue weighted by Gasteiger charge is -2.12. The fourth-order valence-corrected chi connectivity index (χ4v) is 3.45. The molecule has 0 aliphatic carbocycles. The van der Waals surface area contributed by atoms with Gasteiger partial charge in [-0.25, -0.2) is 4.98 Å². The number of methoxy groups -OCH3 is 2. The molecule has 0 saturated carbocycles. The molecule has 0 amide bonds. The summed E-state index contributed by atoms with van der Waals surface area (Å²) in [7, 11) is 3.36. The summed E-state index contributed by atoms with van der Waals surface area (Å²) in [6.45, 7) is 5.03. The molecule has 0 bridgehead atoms. The van der Waals surface area contributed by atoms with E-state index < -0.39 is 0 Å². The van der Waals surface area contributed by atoms with Crippen molar-refractivity contribution in [1.82, 2.24) is 14.6 Å². The second kappa shape index (κ2) is 8.45. The van der Waals surface area contributed by atoms with Crippen LogP contribution in [-0.4, -0.2) is 28.8 Å². The molecule has 0 aliphatic rings. The largest absolute Gasteiger partial charge is 0.497 e. The van der Waals surface area contributed by atoms with E-state index in [1.54, 1.807) is 20.4 Å². The van der Waals surface area contributed by atoms with Gasteiger partial charge in [0, 0.05) is 18.3 Å². The van der Waals surface area contributed by atoms with Gasteiger partial charge < -0.3 is 14.8 Å². The summed E-state index contributed by atoms with van der Waals surface area (Å²) >= 11 is 0. The number of nitrogens with zero attached hydrogens (tertiary/aromatic N) is 3. The van der Waals surface area contributed by atoms with E-state index in [1.807, 2.05) is 47.1 Å². The Hall–Kier alpha value is -3.54. The van der Waals surface area contributed by atoms with Crippen molar-refractivity contribution < 1.29 is 9.47 Å². The van der Waals surface area contributed by atoms with E-state index in [0.29, 0.717) is 12.5 Å². The molecule has 0 atom stereocenters. The van der Waals surface area contributed by atoms with E-state index in [9.17, 15) is 0 Å². The second-order valence-electron chi connectivity index (χ2n) is 7.44. The maximum Gasteiger partial charge on any atom is 0.165 e. The van der Waals surface area contributed by atoms with E-state index in [1.165, 1.54) is 5.56 Å². The maximum absolute atomic E-state index is 5.62. The van der Waals surface area contributed by atoms with E-state index in [-0.39, 0.29) is 0 Å². The van der Waals surface area contributed by atoms with Gasteiger partial charge in [-0.2, -0.15) is 9.61 Å². The van der Waals surface area contributed by atoms with Gasteiger partial charge >= 0.3 is 0 Å². The quantitative estimate of drug-likeness (QED) is 0.463. The monoisotopic (exact) mass is 402 g/mol. The molecular weight excluding hydrogens is 376 g/mol. The highest BCUT2D eigenvalue weighted by Crippen LogP contribution is 2.35. The SMILES string of the molecule is COc1ccc(CNc2ccnc3c(-c4cc(C(C)C)ccc4OC)cnn23)cc1. The average Bonchev–Trinajstić information content (AvgIpc) is 3.22. The van der Waals surface area contributed by atoms with Crippen molar-refractivity contribution in [3.05, 3.63) is 72.1 Å². The fraction of sp³-hybridized carbons (Fsp3) is 0.250. The molecule has 1 N–H and O–H groups in total. The molecule has 2 aromatic heterocycles. The van der Waals surface area contributed by atoms with Crippen LogP contribution in [0.5, 0.6) is 11.5 Å². The third-order valence-corrected chi connectivity index (χ3v) is 5.21. The van der Waals surface area contributed by atoms with E-state index in [4.69, 9.17) is 9.47 Å². The van der Waals surface area contributed by atoms with E-state index in [0.717, 1.165) is 39.7 Å². The molecule has 0 radical (unpaired) electrons. The summed E-state index contributed by atoms with van der Waals surface area (Å²) in [5.74, 6) is 2.96. The predicted molar refractivity (Wildman–Crippen MR) is 119 cm³/mol. The molecule has 0 fully saturated rings. The second-order valence-corrected chi connectivity index (χ2v) is 7.44. The Kier molecular flexibility index (Phi) is 5.57. The number of aromatic nitrogens is 3. The first-order valence-corrected chi connectivity index (χ1v) is 9.98. The normalized spacial score (nSPS) is 11.1. The lowest BCUT2D eigenvalue weighted by Crippen LogP contribution is -2.05. The minimum Gasteiger partial charge on any atom is -0.497 e. The summed E-state index contributed by atoms with van der Waals surface area (Å²) in [4.78, 5) is 4.59. The molecule has 4 rings (SSSR count). The molecule has 0 saturated heterocycles. The van der Waals surface area contributed by atoms with Crippen LogP contribution in [0.15, 0.2) is 60.9 Å². The summed E-state index contributed by atoms with van der Waals surface area (Å²) in [5.41, 5.74) is 5.13. The van der Waals surface area contributed by atoms with Crippen LogP contribution >= 0.6 is 0 Å². The highest BCUT2D eigenvalue weighted by atomic mass is 16.5. The first kappa shape index (κ1) is 19.8. The highest BCUT2D eigenvalue weighted by Gasteiger charge is 2.16. The number of fused-ring (bicyclic) bond motifs is 1. The molecular formula is C24H26N4O2. The van der Waals surface area contributed by atoms with Crippen LogP contribution in [0.1, 0.15) is 30.9 Å². The highest BCUT2D eigenvalue weighted by molar-refractivity contribution is 5.82.